The predicted octanol–water partition coefficient (Wildman–Crippen LogP) is 5.40. The molecule has 0 saturated heterocycles. The molecule has 0 radical (unpaired) electrons. The van der Waals surface area contributed by atoms with Crippen LogP contribution in [0.25, 0.3) is 0 Å². The number of nitroso groups, excluding NO2 is 1. The molecular weight excluding hydrogens is 334 g/mol. The molecule has 0 heterocycles. The first-order valence-corrected chi connectivity index (χ1v) is 8.97. The van der Waals surface area contributed by atoms with Gasteiger partial charge in [0.25, 0.3) is 0 Å². The average molecular weight is 359 g/mol. The zero-order valence-electron chi connectivity index (χ0n) is 16.3. The van der Waals surface area contributed by atoms with Gasteiger partial charge in [-0.05, 0) is 58.3 Å². The summed E-state index contributed by atoms with van der Waals surface area (Å²) < 4.78 is 0. The molecule has 0 atom stereocenters. The lowest BCUT2D eigenvalue weighted by molar-refractivity contribution is 0.973. The third-order valence-electron chi connectivity index (χ3n) is 4.82. The van der Waals surface area contributed by atoms with Crippen molar-refractivity contribution in [3.8, 4) is 0 Å². The summed E-state index contributed by atoms with van der Waals surface area (Å²) in [7, 11) is 8.16. The van der Waals surface area contributed by atoms with Crippen LogP contribution in [0.15, 0.2) is 78.0 Å². The standard InChI is InChI=1S/C23H25N3O/c1-25(2)21-13-7-18(8-14-21)23(17-5-11-20(24-27)12-6-17)19-9-15-22(16-10-19)26(3)4/h5-16,23H,1-4H3. The van der Waals surface area contributed by atoms with Gasteiger partial charge in [0.05, 0.1) is 0 Å². The molecule has 0 unspecified atom stereocenters. The largest absolute Gasteiger partial charge is 0.378 e. The zero-order chi connectivity index (χ0) is 19.4. The second-order valence-corrected chi connectivity index (χ2v) is 7.09. The number of rotatable bonds is 6. The van der Waals surface area contributed by atoms with Gasteiger partial charge >= 0.3 is 0 Å². The number of anilines is 2. The number of nitrogens with zero attached hydrogens (tertiary/aromatic N) is 3. The van der Waals surface area contributed by atoms with Gasteiger partial charge < -0.3 is 9.80 Å². The average Bonchev–Trinajstić information content (AvgIpc) is 2.69. The Bertz CT molecular complexity index is 831. The van der Waals surface area contributed by atoms with Crippen molar-refractivity contribution >= 4 is 17.1 Å². The van der Waals surface area contributed by atoms with Crippen molar-refractivity contribution < 1.29 is 0 Å². The van der Waals surface area contributed by atoms with Crippen LogP contribution < -0.4 is 9.80 Å². The first-order chi connectivity index (χ1) is 13.0. The summed E-state index contributed by atoms with van der Waals surface area (Å²) in [4.78, 5) is 15.0. The highest BCUT2D eigenvalue weighted by molar-refractivity contribution is 5.54. The molecule has 0 N–H and O–H groups in total. The highest BCUT2D eigenvalue weighted by Crippen LogP contribution is 2.34. The van der Waals surface area contributed by atoms with E-state index in [1.807, 2.05) is 40.3 Å². The van der Waals surface area contributed by atoms with Gasteiger partial charge in [0.1, 0.15) is 5.69 Å². The van der Waals surface area contributed by atoms with Crippen LogP contribution in [0.4, 0.5) is 17.1 Å². The molecule has 27 heavy (non-hydrogen) atoms. The number of benzene rings is 3. The Hall–Kier alpha value is -3.14. The van der Waals surface area contributed by atoms with Gasteiger partial charge in [0, 0.05) is 45.5 Å². The van der Waals surface area contributed by atoms with E-state index in [-0.39, 0.29) is 5.92 Å². The maximum Gasteiger partial charge on any atom is 0.108 e. The van der Waals surface area contributed by atoms with Crippen molar-refractivity contribution in [1.29, 1.82) is 0 Å². The summed E-state index contributed by atoms with van der Waals surface area (Å²) in [6.07, 6.45) is 0. The van der Waals surface area contributed by atoms with Crippen LogP contribution in [0, 0.1) is 4.91 Å². The first-order valence-electron chi connectivity index (χ1n) is 8.97. The molecule has 3 rings (SSSR count). The van der Waals surface area contributed by atoms with Gasteiger partial charge in [-0.1, -0.05) is 36.4 Å². The van der Waals surface area contributed by atoms with Gasteiger partial charge in [0.15, 0.2) is 0 Å². The van der Waals surface area contributed by atoms with Crippen molar-refractivity contribution in [3.63, 3.8) is 0 Å². The highest BCUT2D eigenvalue weighted by Gasteiger charge is 2.17. The monoisotopic (exact) mass is 359 g/mol. The molecule has 4 nitrogen and oxygen atoms in total. The first kappa shape index (κ1) is 18.6. The van der Waals surface area contributed by atoms with E-state index in [4.69, 9.17) is 0 Å². The maximum atomic E-state index is 10.8. The van der Waals surface area contributed by atoms with Gasteiger partial charge in [-0.2, -0.15) is 0 Å². The van der Waals surface area contributed by atoms with E-state index in [0.29, 0.717) is 5.69 Å². The molecule has 0 saturated carbocycles. The number of hydrogen-bond acceptors (Lipinski definition) is 4. The summed E-state index contributed by atoms with van der Waals surface area (Å²) in [6, 6.07) is 24.8. The molecule has 4 heteroatoms. The SMILES string of the molecule is CN(C)c1ccc(C(c2ccc(N=O)cc2)c2ccc(N(C)C)cc2)cc1. The molecule has 0 bridgehead atoms. The normalized spacial score (nSPS) is 10.7. The number of hydrogen-bond donors (Lipinski definition) is 0. The van der Waals surface area contributed by atoms with Crippen LogP contribution in [-0.2, 0) is 0 Å². The predicted molar refractivity (Wildman–Crippen MR) is 114 cm³/mol. The van der Waals surface area contributed by atoms with E-state index in [9.17, 15) is 4.91 Å². The van der Waals surface area contributed by atoms with Gasteiger partial charge in [0.2, 0.25) is 0 Å². The molecule has 0 aliphatic heterocycles. The molecule has 0 spiro atoms. The second kappa shape index (κ2) is 8.04. The van der Waals surface area contributed by atoms with E-state index in [0.717, 1.165) is 5.56 Å². The van der Waals surface area contributed by atoms with Crippen LogP contribution >= 0.6 is 0 Å². The fraction of sp³-hybridized carbons (Fsp3) is 0.217. The third kappa shape index (κ3) is 4.17. The lowest BCUT2D eigenvalue weighted by atomic mass is 9.85. The minimum Gasteiger partial charge on any atom is -0.378 e. The fourth-order valence-corrected chi connectivity index (χ4v) is 3.23. The molecule has 0 fully saturated rings. The highest BCUT2D eigenvalue weighted by atomic mass is 16.3. The summed E-state index contributed by atoms with van der Waals surface area (Å²) >= 11 is 0. The molecule has 0 amide bonds. The molecule has 0 aliphatic rings. The van der Waals surface area contributed by atoms with E-state index in [1.54, 1.807) is 12.1 Å². The molecule has 3 aromatic carbocycles. The van der Waals surface area contributed by atoms with Crippen molar-refractivity contribution in [2.45, 2.75) is 5.92 Å². The summed E-state index contributed by atoms with van der Waals surface area (Å²) in [5.41, 5.74) is 6.35. The third-order valence-corrected chi connectivity index (χ3v) is 4.82. The zero-order valence-corrected chi connectivity index (χ0v) is 16.3. The maximum absolute atomic E-state index is 10.8. The Balaban J connectivity index is 2.05. The van der Waals surface area contributed by atoms with Crippen LogP contribution in [0.2, 0.25) is 0 Å². The van der Waals surface area contributed by atoms with E-state index < -0.39 is 0 Å². The van der Waals surface area contributed by atoms with Crippen molar-refractivity contribution in [3.05, 3.63) is 94.4 Å². The van der Waals surface area contributed by atoms with E-state index in [2.05, 4.69) is 63.5 Å². The quantitative estimate of drug-likeness (QED) is 0.437. The Morgan fingerprint density at radius 1 is 0.593 bits per heavy atom. The van der Waals surface area contributed by atoms with Crippen LogP contribution in [-0.4, -0.2) is 28.2 Å². The lowest BCUT2D eigenvalue weighted by Crippen LogP contribution is -2.10. The Kier molecular flexibility index (Phi) is 5.55. The minimum absolute atomic E-state index is 0.0955. The minimum atomic E-state index is 0.0955. The van der Waals surface area contributed by atoms with Gasteiger partial charge in [-0.3, -0.25) is 0 Å². The Labute approximate surface area is 161 Å². The topological polar surface area (TPSA) is 35.9 Å². The van der Waals surface area contributed by atoms with Crippen molar-refractivity contribution in [1.82, 2.24) is 0 Å². The molecule has 3 aromatic rings. The van der Waals surface area contributed by atoms with Crippen LogP contribution in [0.3, 0.4) is 0 Å². The summed E-state index contributed by atoms with van der Waals surface area (Å²) in [5.74, 6) is 0.0955. The van der Waals surface area contributed by atoms with Crippen molar-refractivity contribution in [2.75, 3.05) is 38.0 Å². The lowest BCUT2D eigenvalue weighted by Gasteiger charge is -2.21. The second-order valence-electron chi connectivity index (χ2n) is 7.09. The Morgan fingerprint density at radius 2 is 0.926 bits per heavy atom. The molecule has 0 aromatic heterocycles. The fourth-order valence-electron chi connectivity index (χ4n) is 3.23. The molecule has 0 aliphatic carbocycles. The Morgan fingerprint density at radius 3 is 1.22 bits per heavy atom. The van der Waals surface area contributed by atoms with E-state index >= 15 is 0 Å². The summed E-state index contributed by atoms with van der Waals surface area (Å²) in [6.45, 7) is 0. The van der Waals surface area contributed by atoms with Crippen LogP contribution in [0.5, 0.6) is 0 Å². The van der Waals surface area contributed by atoms with Gasteiger partial charge in [-0.25, -0.2) is 0 Å². The van der Waals surface area contributed by atoms with Gasteiger partial charge in [-0.15, -0.1) is 4.91 Å². The molecular formula is C23H25N3O. The molecule has 138 valence electrons. The summed E-state index contributed by atoms with van der Waals surface area (Å²) in [5, 5.41) is 3.02. The smallest absolute Gasteiger partial charge is 0.108 e. The van der Waals surface area contributed by atoms with Crippen molar-refractivity contribution in [2.24, 2.45) is 5.18 Å². The van der Waals surface area contributed by atoms with Crippen LogP contribution in [0.1, 0.15) is 22.6 Å². The van der Waals surface area contributed by atoms with E-state index in [1.165, 1.54) is 22.5 Å².